The zero-order valence-electron chi connectivity index (χ0n) is 12.6. The van der Waals surface area contributed by atoms with E-state index in [1.54, 1.807) is 0 Å². The van der Waals surface area contributed by atoms with E-state index in [0.29, 0.717) is 5.75 Å². The van der Waals surface area contributed by atoms with Crippen molar-refractivity contribution in [2.24, 2.45) is 0 Å². The molecule has 0 unspecified atom stereocenters. The Morgan fingerprint density at radius 3 is 2.44 bits per heavy atom. The SMILES string of the molecule is O=C(O)c1cc(S(=O)(=O)Nc2ccc(OCCO)cc2)cc(Br)c1Cl. The fourth-order valence-electron chi connectivity index (χ4n) is 1.87. The molecule has 0 spiro atoms. The summed E-state index contributed by atoms with van der Waals surface area (Å²) in [6.45, 7) is -0.00637. The van der Waals surface area contributed by atoms with Crippen LogP contribution in [0.5, 0.6) is 5.75 Å². The van der Waals surface area contributed by atoms with E-state index < -0.39 is 16.0 Å². The molecule has 0 bridgehead atoms. The van der Waals surface area contributed by atoms with Gasteiger partial charge in [-0.3, -0.25) is 4.72 Å². The number of nitrogens with one attached hydrogen (secondary N) is 1. The summed E-state index contributed by atoms with van der Waals surface area (Å²) < 4.78 is 32.6. The summed E-state index contributed by atoms with van der Waals surface area (Å²) in [5, 5.41) is 17.7. The number of rotatable bonds is 7. The summed E-state index contributed by atoms with van der Waals surface area (Å²) >= 11 is 8.91. The minimum absolute atomic E-state index is 0.0863. The van der Waals surface area contributed by atoms with Gasteiger partial charge < -0.3 is 14.9 Å². The van der Waals surface area contributed by atoms with Crippen molar-refractivity contribution in [3.8, 4) is 5.75 Å². The Bertz CT molecular complexity index is 886. The zero-order valence-corrected chi connectivity index (χ0v) is 15.7. The van der Waals surface area contributed by atoms with Crippen molar-refractivity contribution in [2.75, 3.05) is 17.9 Å². The molecule has 0 aliphatic rings. The van der Waals surface area contributed by atoms with E-state index in [0.717, 1.165) is 6.07 Å². The number of sulfonamides is 1. The van der Waals surface area contributed by atoms with E-state index in [9.17, 15) is 13.2 Å². The Morgan fingerprint density at radius 2 is 1.88 bits per heavy atom. The van der Waals surface area contributed by atoms with Crippen molar-refractivity contribution in [3.05, 3.63) is 51.5 Å². The van der Waals surface area contributed by atoms with Gasteiger partial charge in [0.15, 0.2) is 0 Å². The number of carboxylic acids is 1. The molecular weight excluding hydrogens is 438 g/mol. The van der Waals surface area contributed by atoms with Crippen LogP contribution in [0.15, 0.2) is 45.8 Å². The molecule has 0 heterocycles. The van der Waals surface area contributed by atoms with E-state index in [-0.39, 0.29) is 38.9 Å². The van der Waals surface area contributed by atoms with Crippen LogP contribution in [0.2, 0.25) is 5.02 Å². The first-order valence-corrected chi connectivity index (χ1v) is 9.49. The lowest BCUT2D eigenvalue weighted by molar-refractivity contribution is 0.0696. The van der Waals surface area contributed by atoms with Crippen LogP contribution in [-0.4, -0.2) is 37.8 Å². The molecular formula is C15H13BrClNO6S. The van der Waals surface area contributed by atoms with Crippen LogP contribution in [-0.2, 0) is 10.0 Å². The number of halogens is 2. The molecule has 2 aromatic carbocycles. The second-order valence-corrected chi connectivity index (χ2v) is 7.69. The molecule has 2 rings (SSSR count). The van der Waals surface area contributed by atoms with Gasteiger partial charge in [-0.1, -0.05) is 11.6 Å². The summed E-state index contributed by atoms with van der Waals surface area (Å²) in [6, 6.07) is 8.23. The molecule has 0 radical (unpaired) electrons. The third-order valence-electron chi connectivity index (χ3n) is 3.01. The second-order valence-electron chi connectivity index (χ2n) is 4.77. The van der Waals surface area contributed by atoms with Crippen molar-refractivity contribution < 1.29 is 28.2 Å². The lowest BCUT2D eigenvalue weighted by atomic mass is 10.2. The van der Waals surface area contributed by atoms with Crippen molar-refractivity contribution >= 4 is 49.2 Å². The maximum absolute atomic E-state index is 12.5. The highest BCUT2D eigenvalue weighted by Gasteiger charge is 2.21. The van der Waals surface area contributed by atoms with E-state index in [4.69, 9.17) is 26.6 Å². The number of hydrogen-bond donors (Lipinski definition) is 3. The first kappa shape index (κ1) is 19.5. The molecule has 2 aromatic rings. The maximum atomic E-state index is 12.5. The quantitative estimate of drug-likeness (QED) is 0.598. The Labute approximate surface area is 157 Å². The van der Waals surface area contributed by atoms with Crippen molar-refractivity contribution in [2.45, 2.75) is 4.90 Å². The van der Waals surface area contributed by atoms with Gasteiger partial charge in [-0.2, -0.15) is 0 Å². The smallest absolute Gasteiger partial charge is 0.337 e. The number of benzene rings is 2. The summed E-state index contributed by atoms with van der Waals surface area (Å²) in [5.41, 5.74) is -0.0662. The lowest BCUT2D eigenvalue weighted by Gasteiger charge is -2.11. The van der Waals surface area contributed by atoms with Crippen LogP contribution < -0.4 is 9.46 Å². The van der Waals surface area contributed by atoms with E-state index in [2.05, 4.69) is 20.7 Å². The number of hydrogen-bond acceptors (Lipinski definition) is 5. The van der Waals surface area contributed by atoms with Crippen molar-refractivity contribution in [1.29, 1.82) is 0 Å². The van der Waals surface area contributed by atoms with Crippen LogP contribution in [0.1, 0.15) is 10.4 Å². The second kappa shape index (κ2) is 8.05. The van der Waals surface area contributed by atoms with Crippen LogP contribution in [0.4, 0.5) is 5.69 Å². The fraction of sp³-hybridized carbons (Fsp3) is 0.133. The third kappa shape index (κ3) is 4.85. The molecule has 25 heavy (non-hydrogen) atoms. The van der Waals surface area contributed by atoms with Gasteiger partial charge in [-0.25, -0.2) is 13.2 Å². The first-order chi connectivity index (χ1) is 11.7. The molecule has 134 valence electrons. The number of aromatic carboxylic acids is 1. The average molecular weight is 451 g/mol. The van der Waals surface area contributed by atoms with Crippen molar-refractivity contribution in [1.82, 2.24) is 0 Å². The number of carboxylic acid groups (broad SMARTS) is 1. The molecule has 0 atom stereocenters. The van der Waals surface area contributed by atoms with Crippen LogP contribution in [0.25, 0.3) is 0 Å². The zero-order chi connectivity index (χ0) is 18.6. The normalized spacial score (nSPS) is 11.2. The highest BCUT2D eigenvalue weighted by molar-refractivity contribution is 9.10. The van der Waals surface area contributed by atoms with E-state index in [1.165, 1.54) is 30.3 Å². The van der Waals surface area contributed by atoms with Crippen molar-refractivity contribution in [3.63, 3.8) is 0 Å². The monoisotopic (exact) mass is 449 g/mol. The summed E-state index contributed by atoms with van der Waals surface area (Å²) in [7, 11) is -4.02. The first-order valence-electron chi connectivity index (χ1n) is 6.83. The van der Waals surface area contributed by atoms with Crippen LogP contribution in [0, 0.1) is 0 Å². The largest absolute Gasteiger partial charge is 0.491 e. The van der Waals surface area contributed by atoms with E-state index in [1.807, 2.05) is 0 Å². The average Bonchev–Trinajstić information content (AvgIpc) is 2.55. The topological polar surface area (TPSA) is 113 Å². The summed E-state index contributed by atoms with van der Waals surface area (Å²) in [6.07, 6.45) is 0. The minimum Gasteiger partial charge on any atom is -0.491 e. The van der Waals surface area contributed by atoms with Gasteiger partial charge in [0, 0.05) is 10.2 Å². The number of aliphatic hydroxyl groups is 1. The highest BCUT2D eigenvalue weighted by atomic mass is 79.9. The Kier molecular flexibility index (Phi) is 6.28. The van der Waals surface area contributed by atoms with Gasteiger partial charge in [0.1, 0.15) is 12.4 Å². The molecule has 3 N–H and O–H groups in total. The molecule has 0 aliphatic carbocycles. The minimum atomic E-state index is -4.02. The predicted molar refractivity (Wildman–Crippen MR) is 95.9 cm³/mol. The number of aliphatic hydroxyl groups excluding tert-OH is 1. The Balaban J connectivity index is 2.29. The van der Waals surface area contributed by atoms with Gasteiger partial charge in [-0.05, 0) is 52.3 Å². The number of ether oxygens (including phenoxy) is 1. The van der Waals surface area contributed by atoms with Gasteiger partial charge in [0.25, 0.3) is 10.0 Å². The molecule has 0 saturated carbocycles. The lowest BCUT2D eigenvalue weighted by Crippen LogP contribution is -2.14. The standard InChI is InChI=1S/C15H13BrClNO6S/c16-13-8-11(7-12(14(13)17)15(20)21)25(22,23)18-9-1-3-10(4-2-9)24-6-5-19/h1-4,7-8,18-19H,5-6H2,(H,20,21). The molecule has 0 saturated heterocycles. The number of anilines is 1. The Morgan fingerprint density at radius 1 is 1.24 bits per heavy atom. The predicted octanol–water partition coefficient (Wildman–Crippen LogP) is 2.97. The molecule has 0 fully saturated rings. The van der Waals surface area contributed by atoms with Gasteiger partial charge in [0.2, 0.25) is 0 Å². The van der Waals surface area contributed by atoms with Gasteiger partial charge in [-0.15, -0.1) is 0 Å². The number of carbonyl (C=O) groups is 1. The third-order valence-corrected chi connectivity index (χ3v) is 5.63. The summed E-state index contributed by atoms with van der Waals surface area (Å²) in [5.74, 6) is -0.868. The Hall–Kier alpha value is -1.81. The fourth-order valence-corrected chi connectivity index (χ4v) is 3.78. The molecule has 0 amide bonds. The van der Waals surface area contributed by atoms with Gasteiger partial charge in [0.05, 0.1) is 22.1 Å². The molecule has 10 heteroatoms. The molecule has 0 aliphatic heterocycles. The van der Waals surface area contributed by atoms with Crippen LogP contribution >= 0.6 is 27.5 Å². The molecule has 7 nitrogen and oxygen atoms in total. The van der Waals surface area contributed by atoms with Crippen LogP contribution in [0.3, 0.4) is 0 Å². The van der Waals surface area contributed by atoms with Gasteiger partial charge >= 0.3 is 5.97 Å². The summed E-state index contributed by atoms with van der Waals surface area (Å²) in [4.78, 5) is 10.9. The van der Waals surface area contributed by atoms with E-state index >= 15 is 0 Å². The highest BCUT2D eigenvalue weighted by Crippen LogP contribution is 2.30. The molecule has 0 aromatic heterocycles. The maximum Gasteiger partial charge on any atom is 0.337 e.